The first-order chi connectivity index (χ1) is 10.3. The van der Waals surface area contributed by atoms with Gasteiger partial charge in [-0.3, -0.25) is 4.79 Å². The van der Waals surface area contributed by atoms with Crippen LogP contribution in [0.15, 0.2) is 30.3 Å². The molecule has 1 aliphatic heterocycles. The van der Waals surface area contributed by atoms with E-state index in [-0.39, 0.29) is 23.9 Å². The van der Waals surface area contributed by atoms with Crippen LogP contribution in [0.3, 0.4) is 0 Å². The second-order valence-electron chi connectivity index (χ2n) is 6.06. The maximum absolute atomic E-state index is 12.3. The quantitative estimate of drug-likeness (QED) is 0.749. The summed E-state index contributed by atoms with van der Waals surface area (Å²) in [7, 11) is 0. The van der Waals surface area contributed by atoms with Crippen molar-refractivity contribution in [1.82, 2.24) is 10.6 Å². The molecule has 0 spiro atoms. The fraction of sp³-hybridized carbons (Fsp3) is 0.611. The number of carbonyl (C=O) groups is 1. The third-order valence-corrected chi connectivity index (χ3v) is 4.42. The third-order valence-electron chi connectivity index (χ3n) is 4.42. The van der Waals surface area contributed by atoms with Crippen molar-refractivity contribution in [2.45, 2.75) is 57.4 Å². The van der Waals surface area contributed by atoms with Gasteiger partial charge < -0.3 is 10.6 Å². The lowest BCUT2D eigenvalue weighted by molar-refractivity contribution is -0.123. The number of nitrogens with one attached hydrogen (secondary N) is 2. The van der Waals surface area contributed by atoms with Gasteiger partial charge in [0.15, 0.2) is 0 Å². The van der Waals surface area contributed by atoms with Gasteiger partial charge in [0.25, 0.3) is 0 Å². The molecular weight excluding hydrogens is 296 g/mol. The zero-order chi connectivity index (χ0) is 15.0. The molecule has 0 radical (unpaired) electrons. The second-order valence-corrected chi connectivity index (χ2v) is 6.06. The van der Waals surface area contributed by atoms with Gasteiger partial charge in [0.05, 0.1) is 5.54 Å². The van der Waals surface area contributed by atoms with Gasteiger partial charge >= 0.3 is 0 Å². The summed E-state index contributed by atoms with van der Waals surface area (Å²) in [6.45, 7) is 4.12. The topological polar surface area (TPSA) is 41.1 Å². The molecular formula is C18H29ClN2O. The molecule has 0 atom stereocenters. The Kier molecular flexibility index (Phi) is 8.51. The van der Waals surface area contributed by atoms with Crippen molar-refractivity contribution < 1.29 is 4.79 Å². The molecule has 0 saturated carbocycles. The fourth-order valence-electron chi connectivity index (χ4n) is 3.14. The van der Waals surface area contributed by atoms with Crippen molar-refractivity contribution in [3.63, 3.8) is 0 Å². The number of hydrogen-bond acceptors (Lipinski definition) is 2. The van der Waals surface area contributed by atoms with E-state index in [1.54, 1.807) is 0 Å². The highest BCUT2D eigenvalue weighted by Crippen LogP contribution is 2.30. The Morgan fingerprint density at radius 2 is 1.82 bits per heavy atom. The van der Waals surface area contributed by atoms with Crippen LogP contribution in [0.1, 0.15) is 57.4 Å². The van der Waals surface area contributed by atoms with Crippen LogP contribution in [0.2, 0.25) is 0 Å². The molecule has 0 bridgehead atoms. The standard InChI is InChI=1S/C18H28N2O.ClH/c1-2-3-4-8-11-17(21)20-18(12-14-19-15-13-18)16-9-6-5-7-10-16;/h5-7,9-10,19H,2-4,8,11-15H2,1H3,(H,20,21);1H. The normalized spacial score (nSPS) is 16.6. The minimum atomic E-state index is -0.172. The summed E-state index contributed by atoms with van der Waals surface area (Å²) in [4.78, 5) is 12.3. The molecule has 2 N–H and O–H groups in total. The molecule has 1 aromatic carbocycles. The van der Waals surface area contributed by atoms with Gasteiger partial charge in [-0.2, -0.15) is 0 Å². The van der Waals surface area contributed by atoms with Gasteiger partial charge in [-0.1, -0.05) is 56.5 Å². The number of piperidine rings is 1. The molecule has 1 saturated heterocycles. The molecule has 22 heavy (non-hydrogen) atoms. The molecule has 1 fully saturated rings. The van der Waals surface area contributed by atoms with Crippen molar-refractivity contribution in [2.24, 2.45) is 0 Å². The van der Waals surface area contributed by atoms with Crippen LogP contribution < -0.4 is 10.6 Å². The minimum absolute atomic E-state index is 0. The molecule has 1 amide bonds. The van der Waals surface area contributed by atoms with E-state index in [1.165, 1.54) is 18.4 Å². The van der Waals surface area contributed by atoms with Crippen molar-refractivity contribution in [2.75, 3.05) is 13.1 Å². The van der Waals surface area contributed by atoms with E-state index in [9.17, 15) is 4.79 Å². The van der Waals surface area contributed by atoms with Crippen LogP contribution in [0.4, 0.5) is 0 Å². The lowest BCUT2D eigenvalue weighted by Crippen LogP contribution is -2.52. The summed E-state index contributed by atoms with van der Waals surface area (Å²) >= 11 is 0. The maximum atomic E-state index is 12.3. The smallest absolute Gasteiger partial charge is 0.220 e. The zero-order valence-corrected chi connectivity index (χ0v) is 14.4. The average Bonchev–Trinajstić information content (AvgIpc) is 2.53. The van der Waals surface area contributed by atoms with Gasteiger partial charge in [-0.25, -0.2) is 0 Å². The Morgan fingerprint density at radius 3 is 2.45 bits per heavy atom. The fourth-order valence-corrected chi connectivity index (χ4v) is 3.14. The molecule has 3 nitrogen and oxygen atoms in total. The average molecular weight is 325 g/mol. The molecule has 0 aliphatic carbocycles. The van der Waals surface area contributed by atoms with E-state index in [1.807, 2.05) is 6.07 Å². The third kappa shape index (κ3) is 5.29. The SMILES string of the molecule is CCCCCCC(=O)NC1(c2ccccc2)CCNCC1.Cl. The first-order valence-corrected chi connectivity index (χ1v) is 8.34. The maximum Gasteiger partial charge on any atom is 0.220 e. The first kappa shape index (κ1) is 19.0. The number of benzene rings is 1. The molecule has 2 rings (SSSR count). The number of unbranched alkanes of at least 4 members (excludes halogenated alkanes) is 3. The van der Waals surface area contributed by atoms with Gasteiger partial charge in [0.1, 0.15) is 0 Å². The second kappa shape index (κ2) is 9.86. The van der Waals surface area contributed by atoms with Crippen LogP contribution in [-0.2, 0) is 10.3 Å². The highest BCUT2D eigenvalue weighted by molar-refractivity contribution is 5.85. The highest BCUT2D eigenvalue weighted by atomic mass is 35.5. The minimum Gasteiger partial charge on any atom is -0.346 e. The molecule has 1 aromatic rings. The summed E-state index contributed by atoms with van der Waals surface area (Å²) < 4.78 is 0. The van der Waals surface area contributed by atoms with Crippen LogP contribution >= 0.6 is 12.4 Å². The molecule has 0 aromatic heterocycles. The van der Waals surface area contributed by atoms with Crippen molar-refractivity contribution >= 4 is 18.3 Å². The van der Waals surface area contributed by atoms with Crippen LogP contribution in [0.25, 0.3) is 0 Å². The van der Waals surface area contributed by atoms with Crippen molar-refractivity contribution in [1.29, 1.82) is 0 Å². The predicted octanol–water partition coefficient (Wildman–Crippen LogP) is 3.77. The number of hydrogen-bond donors (Lipinski definition) is 2. The monoisotopic (exact) mass is 324 g/mol. The number of amides is 1. The number of carbonyl (C=O) groups excluding carboxylic acids is 1. The van der Waals surface area contributed by atoms with E-state index in [2.05, 4.69) is 41.8 Å². The predicted molar refractivity (Wildman–Crippen MR) is 94.4 cm³/mol. The van der Waals surface area contributed by atoms with E-state index in [4.69, 9.17) is 0 Å². The van der Waals surface area contributed by atoms with Crippen LogP contribution in [0.5, 0.6) is 0 Å². The highest BCUT2D eigenvalue weighted by Gasteiger charge is 2.34. The Bertz CT molecular complexity index is 430. The Morgan fingerprint density at radius 1 is 1.14 bits per heavy atom. The summed E-state index contributed by atoms with van der Waals surface area (Å²) in [6, 6.07) is 10.4. The van der Waals surface area contributed by atoms with E-state index in [0.717, 1.165) is 38.8 Å². The van der Waals surface area contributed by atoms with Gasteiger partial charge in [0, 0.05) is 6.42 Å². The van der Waals surface area contributed by atoms with Crippen LogP contribution in [-0.4, -0.2) is 19.0 Å². The summed E-state index contributed by atoms with van der Waals surface area (Å²) in [5.41, 5.74) is 1.07. The Balaban J connectivity index is 0.00000242. The molecule has 0 unspecified atom stereocenters. The van der Waals surface area contributed by atoms with Crippen molar-refractivity contribution in [3.05, 3.63) is 35.9 Å². The summed E-state index contributed by atoms with van der Waals surface area (Å²) in [5, 5.41) is 6.74. The number of rotatable bonds is 7. The Hall–Kier alpha value is -1.06. The first-order valence-electron chi connectivity index (χ1n) is 8.34. The molecule has 1 heterocycles. The zero-order valence-electron chi connectivity index (χ0n) is 13.6. The van der Waals surface area contributed by atoms with E-state index in [0.29, 0.717) is 6.42 Å². The Labute approximate surface area is 140 Å². The largest absolute Gasteiger partial charge is 0.346 e. The molecule has 1 aliphatic rings. The lowest BCUT2D eigenvalue weighted by Gasteiger charge is -2.39. The lowest BCUT2D eigenvalue weighted by atomic mass is 9.81. The summed E-state index contributed by atoms with van der Waals surface area (Å²) in [6.07, 6.45) is 7.19. The van der Waals surface area contributed by atoms with Gasteiger partial charge in [-0.05, 0) is 37.9 Å². The number of halogens is 1. The van der Waals surface area contributed by atoms with Gasteiger partial charge in [0.2, 0.25) is 5.91 Å². The molecule has 4 heteroatoms. The molecule has 124 valence electrons. The van der Waals surface area contributed by atoms with Crippen LogP contribution in [0, 0.1) is 0 Å². The van der Waals surface area contributed by atoms with Gasteiger partial charge in [-0.15, -0.1) is 12.4 Å². The van der Waals surface area contributed by atoms with E-state index >= 15 is 0 Å². The van der Waals surface area contributed by atoms with Crippen molar-refractivity contribution in [3.8, 4) is 0 Å². The van der Waals surface area contributed by atoms with E-state index < -0.39 is 0 Å². The summed E-state index contributed by atoms with van der Waals surface area (Å²) in [5.74, 6) is 0.205.